The third-order valence-electron chi connectivity index (χ3n) is 3.64. The van der Waals surface area contributed by atoms with E-state index in [4.69, 9.17) is 0 Å². The lowest BCUT2D eigenvalue weighted by atomic mass is 9.96. The zero-order chi connectivity index (χ0) is 13.1. The Kier molecular flexibility index (Phi) is 3.97. The molecule has 1 aromatic carbocycles. The molecule has 1 aliphatic heterocycles. The third-order valence-corrected chi connectivity index (χ3v) is 3.64. The summed E-state index contributed by atoms with van der Waals surface area (Å²) in [5.74, 6) is -0.930. The van der Waals surface area contributed by atoms with Gasteiger partial charge in [0.1, 0.15) is 12.2 Å². The van der Waals surface area contributed by atoms with Crippen LogP contribution >= 0.6 is 0 Å². The normalized spacial score (nSPS) is 26.8. The number of likely N-dealkylation sites (tertiary alicyclic amines) is 1. The molecule has 1 aliphatic rings. The Labute approximate surface area is 106 Å². The van der Waals surface area contributed by atoms with Crippen molar-refractivity contribution in [1.29, 1.82) is 0 Å². The van der Waals surface area contributed by atoms with Gasteiger partial charge >= 0.3 is 5.97 Å². The van der Waals surface area contributed by atoms with Crippen LogP contribution in [-0.2, 0) is 4.79 Å². The largest absolute Gasteiger partial charge is 0.480 e. The van der Waals surface area contributed by atoms with E-state index in [1.165, 1.54) is 0 Å². The Morgan fingerprint density at radius 1 is 1.44 bits per heavy atom. The standard InChI is InChI=1S/C14H18FNO2/c1-10(11-5-3-2-4-6-11)16-8-7-12(15)9-13(16)14(17)18/h2-6,10,12-13H,7-9H2,1H3,(H,17,18)/t10-,12+,13+/m1/s1. The molecule has 3 nitrogen and oxygen atoms in total. The fraction of sp³-hybridized carbons (Fsp3) is 0.500. The topological polar surface area (TPSA) is 40.5 Å². The van der Waals surface area contributed by atoms with Gasteiger partial charge in [-0.1, -0.05) is 30.3 Å². The third kappa shape index (κ3) is 2.70. The molecule has 0 aliphatic carbocycles. The number of carbonyl (C=O) groups is 1. The van der Waals surface area contributed by atoms with Crippen LogP contribution in [0.4, 0.5) is 4.39 Å². The Hall–Kier alpha value is -1.42. The highest BCUT2D eigenvalue weighted by atomic mass is 19.1. The average molecular weight is 251 g/mol. The van der Waals surface area contributed by atoms with Crippen LogP contribution in [0, 0.1) is 0 Å². The van der Waals surface area contributed by atoms with Crippen molar-refractivity contribution < 1.29 is 14.3 Å². The summed E-state index contributed by atoms with van der Waals surface area (Å²) in [6, 6.07) is 9.03. The zero-order valence-corrected chi connectivity index (χ0v) is 10.4. The molecule has 0 bridgehead atoms. The van der Waals surface area contributed by atoms with E-state index in [2.05, 4.69) is 0 Å². The van der Waals surface area contributed by atoms with E-state index in [1.807, 2.05) is 42.2 Å². The Morgan fingerprint density at radius 2 is 2.11 bits per heavy atom. The lowest BCUT2D eigenvalue weighted by Crippen LogP contribution is -2.48. The molecule has 3 atom stereocenters. The Balaban J connectivity index is 2.17. The van der Waals surface area contributed by atoms with E-state index in [9.17, 15) is 14.3 Å². The number of carboxylic acids is 1. The van der Waals surface area contributed by atoms with E-state index in [0.29, 0.717) is 13.0 Å². The number of hydrogen-bond acceptors (Lipinski definition) is 2. The first kappa shape index (κ1) is 13.0. The summed E-state index contributed by atoms with van der Waals surface area (Å²) in [5.41, 5.74) is 1.07. The van der Waals surface area contributed by atoms with Gasteiger partial charge in [-0.25, -0.2) is 4.39 Å². The number of hydrogen-bond donors (Lipinski definition) is 1. The molecular formula is C14H18FNO2. The molecule has 1 fully saturated rings. The zero-order valence-electron chi connectivity index (χ0n) is 10.4. The summed E-state index contributed by atoms with van der Waals surface area (Å²) in [6.45, 7) is 2.47. The number of piperidine rings is 1. The molecule has 18 heavy (non-hydrogen) atoms. The molecule has 2 rings (SSSR count). The second-order valence-corrected chi connectivity index (χ2v) is 4.80. The van der Waals surface area contributed by atoms with Crippen LogP contribution in [0.25, 0.3) is 0 Å². The van der Waals surface area contributed by atoms with Gasteiger partial charge in [0.15, 0.2) is 0 Å². The first-order valence-electron chi connectivity index (χ1n) is 6.27. The lowest BCUT2D eigenvalue weighted by Gasteiger charge is -2.38. The second kappa shape index (κ2) is 5.48. The monoisotopic (exact) mass is 251 g/mol. The van der Waals surface area contributed by atoms with Crippen LogP contribution < -0.4 is 0 Å². The van der Waals surface area contributed by atoms with E-state index in [1.54, 1.807) is 0 Å². The van der Waals surface area contributed by atoms with Crippen LogP contribution in [0.15, 0.2) is 30.3 Å². The number of aliphatic carboxylic acids is 1. The fourth-order valence-electron chi connectivity index (χ4n) is 2.57. The highest BCUT2D eigenvalue weighted by molar-refractivity contribution is 5.73. The number of carboxylic acid groups (broad SMARTS) is 1. The molecule has 0 unspecified atom stereocenters. The van der Waals surface area contributed by atoms with Crippen LogP contribution in [0.2, 0.25) is 0 Å². The molecule has 1 N–H and O–H groups in total. The van der Waals surface area contributed by atoms with Crippen molar-refractivity contribution in [3.8, 4) is 0 Å². The minimum absolute atomic E-state index is 0.000185. The molecule has 1 saturated heterocycles. The SMILES string of the molecule is C[C@H](c1ccccc1)N1CC[C@H](F)C[C@H]1C(=O)O. The predicted molar refractivity (Wildman–Crippen MR) is 67.1 cm³/mol. The van der Waals surface area contributed by atoms with Gasteiger partial charge in [-0.05, 0) is 18.9 Å². The fourth-order valence-corrected chi connectivity index (χ4v) is 2.57. The molecule has 98 valence electrons. The summed E-state index contributed by atoms with van der Waals surface area (Å²) in [4.78, 5) is 13.1. The summed E-state index contributed by atoms with van der Waals surface area (Å²) >= 11 is 0. The average Bonchev–Trinajstić information content (AvgIpc) is 2.39. The molecule has 0 aromatic heterocycles. The van der Waals surface area contributed by atoms with Gasteiger partial charge in [-0.15, -0.1) is 0 Å². The highest BCUT2D eigenvalue weighted by Gasteiger charge is 2.36. The van der Waals surface area contributed by atoms with E-state index < -0.39 is 18.2 Å². The molecular weight excluding hydrogens is 233 g/mol. The van der Waals surface area contributed by atoms with Crippen molar-refractivity contribution in [2.24, 2.45) is 0 Å². The molecule has 0 amide bonds. The number of alkyl halides is 1. The van der Waals surface area contributed by atoms with E-state index >= 15 is 0 Å². The maximum atomic E-state index is 13.3. The second-order valence-electron chi connectivity index (χ2n) is 4.80. The number of rotatable bonds is 3. The molecule has 1 aromatic rings. The Bertz CT molecular complexity index is 410. The smallest absolute Gasteiger partial charge is 0.321 e. The van der Waals surface area contributed by atoms with Crippen molar-refractivity contribution in [1.82, 2.24) is 4.90 Å². The van der Waals surface area contributed by atoms with Gasteiger partial charge in [0.05, 0.1) is 0 Å². The molecule has 0 radical (unpaired) electrons. The van der Waals surface area contributed by atoms with Crippen molar-refractivity contribution in [3.63, 3.8) is 0 Å². The summed E-state index contributed by atoms with van der Waals surface area (Å²) < 4.78 is 13.3. The lowest BCUT2D eigenvalue weighted by molar-refractivity contribution is -0.147. The summed E-state index contributed by atoms with van der Waals surface area (Å²) in [7, 11) is 0. The predicted octanol–water partition coefficient (Wildman–Crippen LogP) is 2.63. The van der Waals surface area contributed by atoms with Gasteiger partial charge < -0.3 is 5.11 Å². The quantitative estimate of drug-likeness (QED) is 0.897. The van der Waals surface area contributed by atoms with Crippen LogP contribution in [0.5, 0.6) is 0 Å². The van der Waals surface area contributed by atoms with Crippen molar-refractivity contribution in [2.75, 3.05) is 6.54 Å². The van der Waals surface area contributed by atoms with Crippen molar-refractivity contribution in [2.45, 2.75) is 38.0 Å². The number of benzene rings is 1. The van der Waals surface area contributed by atoms with Gasteiger partial charge in [-0.2, -0.15) is 0 Å². The minimum atomic E-state index is -0.995. The van der Waals surface area contributed by atoms with E-state index in [-0.39, 0.29) is 12.5 Å². The maximum absolute atomic E-state index is 13.3. The van der Waals surface area contributed by atoms with Gasteiger partial charge in [0, 0.05) is 19.0 Å². The van der Waals surface area contributed by atoms with Gasteiger partial charge in [0.25, 0.3) is 0 Å². The summed E-state index contributed by atoms with van der Waals surface area (Å²) in [6.07, 6.45) is -0.488. The number of nitrogens with zero attached hydrogens (tertiary/aromatic N) is 1. The van der Waals surface area contributed by atoms with Crippen molar-refractivity contribution in [3.05, 3.63) is 35.9 Å². The van der Waals surface area contributed by atoms with Crippen molar-refractivity contribution >= 4 is 5.97 Å². The van der Waals surface area contributed by atoms with E-state index in [0.717, 1.165) is 5.56 Å². The van der Waals surface area contributed by atoms with Gasteiger partial charge in [0.2, 0.25) is 0 Å². The molecule has 1 heterocycles. The minimum Gasteiger partial charge on any atom is -0.480 e. The summed E-state index contributed by atoms with van der Waals surface area (Å²) in [5, 5.41) is 9.21. The van der Waals surface area contributed by atoms with Crippen LogP contribution in [0.3, 0.4) is 0 Å². The number of halogens is 1. The molecule has 0 saturated carbocycles. The maximum Gasteiger partial charge on any atom is 0.321 e. The van der Waals surface area contributed by atoms with Gasteiger partial charge in [-0.3, -0.25) is 9.69 Å². The van der Waals surface area contributed by atoms with Crippen LogP contribution in [-0.4, -0.2) is 34.7 Å². The molecule has 0 spiro atoms. The Morgan fingerprint density at radius 3 is 2.72 bits per heavy atom. The van der Waals surface area contributed by atoms with Crippen LogP contribution in [0.1, 0.15) is 31.4 Å². The highest BCUT2D eigenvalue weighted by Crippen LogP contribution is 2.29. The molecule has 4 heteroatoms. The first-order valence-corrected chi connectivity index (χ1v) is 6.27. The first-order chi connectivity index (χ1) is 8.59.